The first kappa shape index (κ1) is 36.8. The van der Waals surface area contributed by atoms with Gasteiger partial charge in [-0.15, -0.1) is 0 Å². The zero-order valence-electron chi connectivity index (χ0n) is 29.1. The second kappa shape index (κ2) is 15.8. The predicted molar refractivity (Wildman–Crippen MR) is 194 cm³/mol. The molecule has 5 amide bonds. The number of benzene rings is 3. The number of fused-ring (bicyclic) bond motifs is 2. The van der Waals surface area contributed by atoms with Gasteiger partial charge in [-0.25, -0.2) is 0 Å². The van der Waals surface area contributed by atoms with E-state index in [1.165, 1.54) is 18.2 Å². The number of aryl methyl sites for hydroxylation is 1. The second-order valence-corrected chi connectivity index (χ2v) is 13.8. The quantitative estimate of drug-likeness (QED) is 0.0972. The van der Waals surface area contributed by atoms with Gasteiger partial charge in [0.25, 0.3) is 11.8 Å². The Morgan fingerprint density at radius 3 is 2.41 bits per heavy atom. The number of amides is 5. The number of imide groups is 2. The third-order valence-corrected chi connectivity index (χ3v) is 10.1. The normalized spacial score (nSPS) is 18.9. The van der Waals surface area contributed by atoms with E-state index in [0.717, 1.165) is 21.8 Å². The fourth-order valence-corrected chi connectivity index (χ4v) is 7.18. The molecule has 0 aromatic heterocycles. The highest BCUT2D eigenvalue weighted by Crippen LogP contribution is 2.39. The summed E-state index contributed by atoms with van der Waals surface area (Å²) in [7, 11) is 0. The third kappa shape index (κ3) is 8.00. The highest BCUT2D eigenvalue weighted by atomic mass is 35.5. The number of nitro benzene ring substituents is 1. The van der Waals surface area contributed by atoms with Crippen molar-refractivity contribution >= 4 is 63.9 Å². The van der Waals surface area contributed by atoms with Crippen LogP contribution in [-0.2, 0) is 25.5 Å². The van der Waals surface area contributed by atoms with Crippen LogP contribution in [0, 0.1) is 10.1 Å². The van der Waals surface area contributed by atoms with E-state index in [1.807, 2.05) is 12.1 Å². The first-order valence-corrected chi connectivity index (χ1v) is 18.0. The molecule has 3 aromatic carbocycles. The number of halogens is 1. The molecule has 0 radical (unpaired) electrons. The number of hydrogen-bond donors (Lipinski definition) is 3. The summed E-state index contributed by atoms with van der Waals surface area (Å²) in [5, 5.41) is 20.3. The molecule has 3 N–H and O–H groups in total. The number of nitrogens with one attached hydrogen (secondary N) is 3. The number of rotatable bonds is 13. The molecule has 4 aliphatic heterocycles. The van der Waals surface area contributed by atoms with Crippen LogP contribution in [0.4, 0.5) is 22.7 Å². The van der Waals surface area contributed by atoms with Gasteiger partial charge in [0, 0.05) is 56.0 Å². The maximum absolute atomic E-state index is 13.0. The van der Waals surface area contributed by atoms with E-state index in [1.54, 1.807) is 18.2 Å². The Hall–Kier alpha value is -5.58. The van der Waals surface area contributed by atoms with Crippen molar-refractivity contribution in [3.8, 4) is 11.5 Å². The average molecular weight is 761 g/mol. The first-order valence-electron chi connectivity index (χ1n) is 17.7. The standard InChI is InChI=1S/C37H37ClN6O10/c38-27-19-31(44(50)51)32(20-29(27)39-22-2-5-28-21(17-22)1-7-33(45)40-28)54-23-9-11-42(12-10-23)13-14-52-15-16-53-24-3-4-25-26(18-24)37(49)43(36(25)48)30-6-8-34(46)41-35(30)47/h2-5,17-20,23,30,39H,1,6-16H2,(H,40,45)(H,41,46,47). The van der Waals surface area contributed by atoms with E-state index in [2.05, 4.69) is 20.9 Å². The number of nitro groups is 1. The molecule has 3 aromatic rings. The molecule has 17 heteroatoms. The SMILES string of the molecule is O=C1CCC(N2C(=O)c3ccc(OCCOCCN4CCC(Oc5cc(Nc6ccc7c(c6)CCC(=O)N7)c(Cl)cc5[N+](=O)[O-])CC4)cc3C2=O)C(=O)N1. The fourth-order valence-electron chi connectivity index (χ4n) is 6.98. The molecule has 4 aliphatic rings. The van der Waals surface area contributed by atoms with Crippen molar-refractivity contribution in [2.75, 3.05) is 50.1 Å². The van der Waals surface area contributed by atoms with Gasteiger partial charge in [0.1, 0.15) is 24.5 Å². The van der Waals surface area contributed by atoms with Gasteiger partial charge in [0.2, 0.25) is 17.7 Å². The van der Waals surface area contributed by atoms with Gasteiger partial charge >= 0.3 is 5.69 Å². The lowest BCUT2D eigenvalue weighted by Gasteiger charge is -2.32. The molecule has 2 saturated heterocycles. The molecule has 1 unspecified atom stereocenters. The lowest BCUT2D eigenvalue weighted by molar-refractivity contribution is -0.386. The van der Waals surface area contributed by atoms with Crippen LogP contribution < -0.4 is 25.4 Å². The predicted octanol–water partition coefficient (Wildman–Crippen LogP) is 4.22. The summed E-state index contributed by atoms with van der Waals surface area (Å²) in [6.07, 6.45) is 2.22. The molecule has 54 heavy (non-hydrogen) atoms. The smallest absolute Gasteiger partial charge is 0.312 e. The van der Waals surface area contributed by atoms with E-state index >= 15 is 0 Å². The minimum Gasteiger partial charge on any atom is -0.491 e. The second-order valence-electron chi connectivity index (χ2n) is 13.4. The van der Waals surface area contributed by atoms with Gasteiger partial charge < -0.3 is 29.7 Å². The monoisotopic (exact) mass is 760 g/mol. The largest absolute Gasteiger partial charge is 0.491 e. The number of nitrogens with zero attached hydrogens (tertiary/aromatic N) is 3. The van der Waals surface area contributed by atoms with Crippen LogP contribution in [0.3, 0.4) is 0 Å². The Balaban J connectivity index is 0.847. The summed E-state index contributed by atoms with van der Waals surface area (Å²) in [5.41, 5.74) is 3.04. The van der Waals surface area contributed by atoms with Crippen molar-refractivity contribution in [1.82, 2.24) is 15.1 Å². The number of hydrogen-bond acceptors (Lipinski definition) is 12. The Labute approximate surface area is 314 Å². The number of piperidine rings is 2. The van der Waals surface area contributed by atoms with E-state index in [-0.39, 0.29) is 65.7 Å². The van der Waals surface area contributed by atoms with Crippen molar-refractivity contribution in [2.24, 2.45) is 0 Å². The Morgan fingerprint density at radius 2 is 1.63 bits per heavy atom. The average Bonchev–Trinajstić information content (AvgIpc) is 3.39. The third-order valence-electron chi connectivity index (χ3n) is 9.81. The highest BCUT2D eigenvalue weighted by Gasteiger charge is 2.44. The van der Waals surface area contributed by atoms with E-state index < -0.39 is 34.6 Å². The molecule has 1 atom stereocenters. The van der Waals surface area contributed by atoms with Crippen molar-refractivity contribution in [3.63, 3.8) is 0 Å². The van der Waals surface area contributed by atoms with Crippen LogP contribution >= 0.6 is 11.6 Å². The Morgan fingerprint density at radius 1 is 0.852 bits per heavy atom. The van der Waals surface area contributed by atoms with Gasteiger partial charge in [-0.2, -0.15) is 0 Å². The summed E-state index contributed by atoms with van der Waals surface area (Å²) in [6, 6.07) is 11.9. The molecule has 0 aliphatic carbocycles. The van der Waals surface area contributed by atoms with Crippen LogP contribution in [0.25, 0.3) is 0 Å². The van der Waals surface area contributed by atoms with Crippen molar-refractivity contribution < 1.29 is 43.1 Å². The van der Waals surface area contributed by atoms with Crippen LogP contribution in [0.5, 0.6) is 11.5 Å². The topological polar surface area (TPSA) is 199 Å². The minimum absolute atomic E-state index is 0.0246. The summed E-state index contributed by atoms with van der Waals surface area (Å²) in [5.74, 6) is -1.80. The summed E-state index contributed by atoms with van der Waals surface area (Å²) < 4.78 is 17.7. The van der Waals surface area contributed by atoms with Crippen LogP contribution in [0.2, 0.25) is 5.02 Å². The highest BCUT2D eigenvalue weighted by molar-refractivity contribution is 6.33. The number of ether oxygens (including phenoxy) is 3. The van der Waals surface area contributed by atoms with E-state index in [0.29, 0.717) is 63.4 Å². The molecule has 0 bridgehead atoms. The number of carbonyl (C=O) groups excluding carboxylic acids is 5. The molecule has 4 heterocycles. The van der Waals surface area contributed by atoms with Gasteiger partial charge in [-0.1, -0.05) is 11.6 Å². The molecular formula is C37H37ClN6O10. The summed E-state index contributed by atoms with van der Waals surface area (Å²) >= 11 is 6.45. The number of carbonyl (C=O) groups is 5. The van der Waals surface area contributed by atoms with E-state index in [9.17, 15) is 34.1 Å². The molecule has 16 nitrogen and oxygen atoms in total. The lowest BCUT2D eigenvalue weighted by Crippen LogP contribution is -2.54. The molecular weight excluding hydrogens is 724 g/mol. The summed E-state index contributed by atoms with van der Waals surface area (Å²) in [4.78, 5) is 75.9. The van der Waals surface area contributed by atoms with Gasteiger partial charge in [0.05, 0.1) is 40.0 Å². The molecule has 282 valence electrons. The maximum atomic E-state index is 13.0. The Kier molecular flexibility index (Phi) is 10.8. The molecule has 7 rings (SSSR count). The van der Waals surface area contributed by atoms with Crippen molar-refractivity contribution in [3.05, 3.63) is 80.4 Å². The summed E-state index contributed by atoms with van der Waals surface area (Å²) in [6.45, 7) is 3.01. The van der Waals surface area contributed by atoms with E-state index in [4.69, 9.17) is 25.8 Å². The Bertz CT molecular complexity index is 2030. The molecule has 2 fully saturated rings. The van der Waals surface area contributed by atoms with Crippen LogP contribution in [-0.4, -0.2) is 95.9 Å². The lowest BCUT2D eigenvalue weighted by atomic mass is 10.0. The maximum Gasteiger partial charge on any atom is 0.312 e. The van der Waals surface area contributed by atoms with Crippen LogP contribution in [0.1, 0.15) is 58.4 Å². The van der Waals surface area contributed by atoms with Crippen LogP contribution in [0.15, 0.2) is 48.5 Å². The molecule has 0 saturated carbocycles. The fraction of sp³-hybridized carbons (Fsp3) is 0.378. The van der Waals surface area contributed by atoms with Gasteiger partial charge in [-0.05, 0) is 67.6 Å². The minimum atomic E-state index is -1.03. The zero-order chi connectivity index (χ0) is 37.9. The zero-order valence-corrected chi connectivity index (χ0v) is 29.8. The van der Waals surface area contributed by atoms with Crippen molar-refractivity contribution in [2.45, 2.75) is 50.7 Å². The van der Waals surface area contributed by atoms with Gasteiger partial charge in [0.15, 0.2) is 5.75 Å². The van der Waals surface area contributed by atoms with Crippen molar-refractivity contribution in [1.29, 1.82) is 0 Å². The first-order chi connectivity index (χ1) is 26.0. The van der Waals surface area contributed by atoms with Gasteiger partial charge in [-0.3, -0.25) is 44.3 Å². The number of likely N-dealkylation sites (tertiary alicyclic amines) is 1. The number of anilines is 3. The molecule has 0 spiro atoms.